The molecule has 2 unspecified atom stereocenters. The molecule has 6 nitrogen and oxygen atoms in total. The summed E-state index contributed by atoms with van der Waals surface area (Å²) in [5, 5.41) is 23.5. The second kappa shape index (κ2) is 80.0. The topological polar surface area (TPSA) is 95.9 Å². The fraction of sp³-hybridized carbons (Fsp3) is 0.952. The van der Waals surface area contributed by atoms with E-state index >= 15 is 0 Å². The molecule has 0 aliphatic carbocycles. The smallest absolute Gasteiger partial charge is 0.305 e. The van der Waals surface area contributed by atoms with Gasteiger partial charge in [0.15, 0.2) is 0 Å². The average Bonchev–Trinajstić information content (AvgIpc) is 3.55. The largest absolute Gasteiger partial charge is 0.466 e. The van der Waals surface area contributed by atoms with Crippen molar-refractivity contribution in [2.75, 3.05) is 13.2 Å². The van der Waals surface area contributed by atoms with Gasteiger partial charge in [0.25, 0.3) is 0 Å². The van der Waals surface area contributed by atoms with Crippen LogP contribution in [0.25, 0.3) is 0 Å². The van der Waals surface area contributed by atoms with Crippen LogP contribution in [0.1, 0.15) is 489 Å². The summed E-state index contributed by atoms with van der Waals surface area (Å²) >= 11 is 0. The molecular weight excluding hydrogens is 1100 g/mol. The second-order valence-electron chi connectivity index (χ2n) is 29.2. The van der Waals surface area contributed by atoms with Crippen molar-refractivity contribution in [2.24, 2.45) is 0 Å². The molecule has 90 heavy (non-hydrogen) atoms. The highest BCUT2D eigenvalue weighted by Gasteiger charge is 2.20. The first-order chi connectivity index (χ1) is 44.5. The van der Waals surface area contributed by atoms with Crippen LogP contribution in [0.4, 0.5) is 0 Å². The lowest BCUT2D eigenvalue weighted by atomic mass is 10.0. The van der Waals surface area contributed by atoms with Crippen molar-refractivity contribution in [3.05, 3.63) is 12.2 Å². The van der Waals surface area contributed by atoms with Gasteiger partial charge in [0.1, 0.15) is 0 Å². The van der Waals surface area contributed by atoms with E-state index in [1.54, 1.807) is 0 Å². The van der Waals surface area contributed by atoms with E-state index in [4.69, 9.17) is 4.74 Å². The standard InChI is InChI=1S/C84H165NO5/c1-3-5-7-9-11-13-15-17-19-20-21-22-23-33-36-39-42-45-49-52-56-60-64-68-72-76-82(87)81(80-86)85-83(88)77-73-69-65-61-57-53-50-46-43-40-37-34-31-29-27-25-24-26-28-30-32-35-38-41-44-47-51-55-59-63-67-71-75-79-90-84(89)78-74-70-66-62-58-54-48-18-16-14-12-10-8-6-4-2/h28,30,81-82,86-87H,3-27,29,31-80H2,1-2H3,(H,85,88)/b30-28-. The third-order valence-corrected chi connectivity index (χ3v) is 20.1. The zero-order chi connectivity index (χ0) is 64.9. The Kier molecular flexibility index (Phi) is 78.8. The highest BCUT2D eigenvalue weighted by atomic mass is 16.5. The lowest BCUT2D eigenvalue weighted by Gasteiger charge is -2.22. The monoisotopic (exact) mass is 1270 g/mol. The van der Waals surface area contributed by atoms with Crippen molar-refractivity contribution in [2.45, 2.75) is 501 Å². The Balaban J connectivity index is 3.34. The fourth-order valence-corrected chi connectivity index (χ4v) is 13.7. The van der Waals surface area contributed by atoms with E-state index in [2.05, 4.69) is 31.3 Å². The molecule has 0 saturated carbocycles. The number of allylic oxidation sites excluding steroid dienone is 2. The first kappa shape index (κ1) is 88.6. The van der Waals surface area contributed by atoms with E-state index in [1.807, 2.05) is 0 Å². The number of unbranched alkanes of at least 4 members (excludes halogenated alkanes) is 67. The second-order valence-corrected chi connectivity index (χ2v) is 29.2. The number of amides is 1. The summed E-state index contributed by atoms with van der Waals surface area (Å²) in [4.78, 5) is 24.7. The zero-order valence-corrected chi connectivity index (χ0v) is 61.7. The molecule has 0 aliphatic heterocycles. The average molecular weight is 1270 g/mol. The van der Waals surface area contributed by atoms with Gasteiger partial charge in [-0.25, -0.2) is 0 Å². The summed E-state index contributed by atoms with van der Waals surface area (Å²) in [5.41, 5.74) is 0. The molecule has 6 heteroatoms. The van der Waals surface area contributed by atoms with Crippen LogP contribution in [0.15, 0.2) is 12.2 Å². The van der Waals surface area contributed by atoms with Crippen molar-refractivity contribution in [3.63, 3.8) is 0 Å². The lowest BCUT2D eigenvalue weighted by molar-refractivity contribution is -0.143. The van der Waals surface area contributed by atoms with E-state index in [9.17, 15) is 19.8 Å². The highest BCUT2D eigenvalue weighted by molar-refractivity contribution is 5.76. The Morgan fingerprint density at radius 3 is 0.789 bits per heavy atom. The number of rotatable bonds is 80. The van der Waals surface area contributed by atoms with Gasteiger partial charge in [-0.1, -0.05) is 437 Å². The van der Waals surface area contributed by atoms with Crippen LogP contribution in [0.2, 0.25) is 0 Å². The molecule has 0 radical (unpaired) electrons. The van der Waals surface area contributed by atoms with Crippen LogP contribution in [0.3, 0.4) is 0 Å². The van der Waals surface area contributed by atoms with Gasteiger partial charge in [-0.15, -0.1) is 0 Å². The fourth-order valence-electron chi connectivity index (χ4n) is 13.7. The molecule has 0 rings (SSSR count). The molecule has 3 N–H and O–H groups in total. The summed E-state index contributed by atoms with van der Waals surface area (Å²) in [7, 11) is 0. The van der Waals surface area contributed by atoms with E-state index in [-0.39, 0.29) is 18.5 Å². The van der Waals surface area contributed by atoms with Crippen molar-refractivity contribution in [1.29, 1.82) is 0 Å². The van der Waals surface area contributed by atoms with Crippen LogP contribution in [-0.4, -0.2) is 47.4 Å². The third-order valence-electron chi connectivity index (χ3n) is 20.1. The number of ether oxygens (including phenoxy) is 1. The van der Waals surface area contributed by atoms with Crippen LogP contribution in [-0.2, 0) is 14.3 Å². The Labute approximate surface area is 565 Å². The molecule has 536 valence electrons. The Hall–Kier alpha value is -1.40. The normalized spacial score (nSPS) is 12.4. The molecule has 0 aromatic carbocycles. The summed E-state index contributed by atoms with van der Waals surface area (Å²) in [6.45, 7) is 5.02. The van der Waals surface area contributed by atoms with E-state index < -0.39 is 12.1 Å². The first-order valence-electron chi connectivity index (χ1n) is 41.9. The zero-order valence-electron chi connectivity index (χ0n) is 61.7. The molecule has 0 aromatic rings. The minimum Gasteiger partial charge on any atom is -0.466 e. The molecule has 0 fully saturated rings. The SMILES string of the molecule is CCCCCCCCCCCCCCCCCCCCCCCCCCCC(O)C(CO)NC(=O)CCCCCCCCCCCCCCCCCCC/C=C\CCCCCCCCCCCCCCOC(=O)CCCCCCCCCCCCCCCCC. The number of hydrogen-bond donors (Lipinski definition) is 3. The van der Waals surface area contributed by atoms with Gasteiger partial charge in [0, 0.05) is 12.8 Å². The predicted molar refractivity (Wildman–Crippen MR) is 398 cm³/mol. The van der Waals surface area contributed by atoms with E-state index in [0.717, 1.165) is 38.5 Å². The predicted octanol–water partition coefficient (Wildman–Crippen LogP) is 27.8. The third kappa shape index (κ3) is 75.6. The molecule has 2 atom stereocenters. The van der Waals surface area contributed by atoms with Crippen molar-refractivity contribution in [3.8, 4) is 0 Å². The van der Waals surface area contributed by atoms with Gasteiger partial charge in [0.2, 0.25) is 5.91 Å². The maximum absolute atomic E-state index is 12.6. The number of hydrogen-bond acceptors (Lipinski definition) is 5. The van der Waals surface area contributed by atoms with Crippen molar-refractivity contribution < 1.29 is 24.5 Å². The molecule has 0 saturated heterocycles. The van der Waals surface area contributed by atoms with Gasteiger partial charge < -0.3 is 20.3 Å². The highest BCUT2D eigenvalue weighted by Crippen LogP contribution is 2.21. The van der Waals surface area contributed by atoms with Crippen molar-refractivity contribution in [1.82, 2.24) is 5.32 Å². The number of carbonyl (C=O) groups is 2. The number of carbonyl (C=O) groups excluding carboxylic acids is 2. The molecule has 0 heterocycles. The summed E-state index contributed by atoms with van der Waals surface area (Å²) in [6.07, 6.45) is 102. The molecular formula is C84H165NO5. The maximum Gasteiger partial charge on any atom is 0.305 e. The summed E-state index contributed by atoms with van der Waals surface area (Å²) in [6, 6.07) is -0.540. The minimum absolute atomic E-state index is 0.0231. The van der Waals surface area contributed by atoms with Crippen molar-refractivity contribution >= 4 is 11.9 Å². The van der Waals surface area contributed by atoms with Gasteiger partial charge in [-0.2, -0.15) is 0 Å². The Bertz CT molecular complexity index is 1370. The first-order valence-corrected chi connectivity index (χ1v) is 41.9. The van der Waals surface area contributed by atoms with Gasteiger partial charge in [-0.05, 0) is 51.4 Å². The minimum atomic E-state index is -0.663. The molecule has 0 bridgehead atoms. The number of aliphatic hydroxyl groups excluding tert-OH is 2. The number of aliphatic hydroxyl groups is 2. The van der Waals surface area contributed by atoms with E-state index in [0.29, 0.717) is 25.9 Å². The van der Waals surface area contributed by atoms with Crippen LogP contribution in [0, 0.1) is 0 Å². The van der Waals surface area contributed by atoms with Gasteiger partial charge in [0.05, 0.1) is 25.4 Å². The quantitative estimate of drug-likeness (QED) is 0.0320. The molecule has 0 spiro atoms. The summed E-state index contributed by atoms with van der Waals surface area (Å²) in [5.74, 6) is -0.00218. The van der Waals surface area contributed by atoms with Gasteiger partial charge >= 0.3 is 5.97 Å². The molecule has 0 aliphatic rings. The van der Waals surface area contributed by atoms with Gasteiger partial charge in [-0.3, -0.25) is 9.59 Å². The molecule has 1 amide bonds. The van der Waals surface area contributed by atoms with Crippen LogP contribution in [0.5, 0.6) is 0 Å². The van der Waals surface area contributed by atoms with Crippen LogP contribution < -0.4 is 5.32 Å². The summed E-state index contributed by atoms with van der Waals surface area (Å²) < 4.78 is 5.51. The number of nitrogens with one attached hydrogen (secondary N) is 1. The Morgan fingerprint density at radius 1 is 0.300 bits per heavy atom. The maximum atomic E-state index is 12.6. The Morgan fingerprint density at radius 2 is 0.522 bits per heavy atom. The lowest BCUT2D eigenvalue weighted by Crippen LogP contribution is -2.45. The molecule has 0 aromatic heterocycles. The van der Waals surface area contributed by atoms with E-state index in [1.165, 1.54) is 417 Å². The van der Waals surface area contributed by atoms with Crippen LogP contribution >= 0.6 is 0 Å². The number of esters is 1.